The number of nitrogens with zero attached hydrogens (tertiary/aromatic N) is 3. The largest absolute Gasteiger partial charge is 0.481 e. The highest BCUT2D eigenvalue weighted by molar-refractivity contribution is 7.92. The Labute approximate surface area is 192 Å². The fourth-order valence-corrected chi connectivity index (χ4v) is 3.54. The van der Waals surface area contributed by atoms with Gasteiger partial charge in [-0.3, -0.25) is 4.79 Å². The molecule has 0 aliphatic heterocycles. The number of aliphatic carboxylic acids is 1. The molecule has 0 saturated heterocycles. The van der Waals surface area contributed by atoms with Gasteiger partial charge in [0.15, 0.2) is 0 Å². The summed E-state index contributed by atoms with van der Waals surface area (Å²) in [4.78, 5) is 19.7. The molecule has 0 amide bonds. The van der Waals surface area contributed by atoms with Crippen molar-refractivity contribution in [1.82, 2.24) is 9.97 Å². The third-order valence-electron chi connectivity index (χ3n) is 5.00. The maximum atomic E-state index is 13.6. The van der Waals surface area contributed by atoms with Crippen LogP contribution in [0.3, 0.4) is 0 Å². The number of aromatic nitrogens is 2. The van der Waals surface area contributed by atoms with Gasteiger partial charge in [0, 0.05) is 24.6 Å². The summed E-state index contributed by atoms with van der Waals surface area (Å²) in [5.41, 5.74) is 1.47. The molecule has 2 rings (SSSR count). The van der Waals surface area contributed by atoms with E-state index in [1.807, 2.05) is 13.8 Å². The second kappa shape index (κ2) is 10.4. The zero-order chi connectivity index (χ0) is 25.1. The van der Waals surface area contributed by atoms with Gasteiger partial charge in [0.05, 0.1) is 36.3 Å². The molecule has 0 fully saturated rings. The number of aliphatic hydroxyl groups is 2. The first-order chi connectivity index (χ1) is 15.2. The Hall–Kier alpha value is -2.89. The van der Waals surface area contributed by atoms with Crippen LogP contribution in [-0.4, -0.2) is 65.2 Å². The van der Waals surface area contributed by atoms with E-state index >= 15 is 0 Å². The van der Waals surface area contributed by atoms with Crippen LogP contribution >= 0.6 is 0 Å². The molecule has 0 unspecified atom stereocenters. The Morgan fingerprint density at radius 2 is 1.76 bits per heavy atom. The number of sulfonamides is 1. The van der Waals surface area contributed by atoms with Crippen LogP contribution in [0.4, 0.5) is 10.3 Å². The van der Waals surface area contributed by atoms with Gasteiger partial charge in [-0.25, -0.2) is 27.1 Å². The molecule has 9 nitrogen and oxygen atoms in total. The van der Waals surface area contributed by atoms with Crippen LogP contribution in [0.5, 0.6) is 0 Å². The number of hydrogen-bond donors (Lipinski definition) is 3. The summed E-state index contributed by atoms with van der Waals surface area (Å²) in [5, 5.41) is 29.5. The molecule has 0 aliphatic carbocycles. The standard InChI is InChI=1S/C22H28FN3O6S/c1-12(2)20-19(13(3)17(28)10-16(27)11-18(29)30)21(14-6-8-15(23)9-7-14)25-22(24-20)26(4)33(5,31)32/h6-9,12,16-17,27-28H,3,10-11H2,1-2,4-5H3,(H,29,30)/t16-,17+/m1/s1. The number of anilines is 1. The van der Waals surface area contributed by atoms with Gasteiger partial charge in [-0.2, -0.15) is 0 Å². The molecule has 2 aromatic rings. The zero-order valence-electron chi connectivity index (χ0n) is 18.9. The second-order valence-electron chi connectivity index (χ2n) is 8.05. The lowest BCUT2D eigenvalue weighted by Gasteiger charge is -2.25. The summed E-state index contributed by atoms with van der Waals surface area (Å²) in [6.45, 7) is 7.55. The van der Waals surface area contributed by atoms with Crippen molar-refractivity contribution >= 4 is 27.5 Å². The van der Waals surface area contributed by atoms with E-state index in [1.165, 1.54) is 31.3 Å². The normalized spacial score (nSPS) is 13.6. The van der Waals surface area contributed by atoms with Gasteiger partial charge in [0.2, 0.25) is 16.0 Å². The van der Waals surface area contributed by atoms with Gasteiger partial charge in [0.1, 0.15) is 5.82 Å². The van der Waals surface area contributed by atoms with Crippen LogP contribution < -0.4 is 4.31 Å². The fraction of sp³-hybridized carbons (Fsp3) is 0.409. The number of carboxylic acids is 1. The van der Waals surface area contributed by atoms with Crippen molar-refractivity contribution in [3.8, 4) is 11.3 Å². The predicted octanol–water partition coefficient (Wildman–Crippen LogP) is 2.40. The monoisotopic (exact) mass is 481 g/mol. The van der Waals surface area contributed by atoms with E-state index in [0.29, 0.717) is 16.8 Å². The number of hydrogen-bond acceptors (Lipinski definition) is 7. The summed E-state index contributed by atoms with van der Waals surface area (Å²) >= 11 is 0. The van der Waals surface area contributed by atoms with E-state index in [4.69, 9.17) is 5.11 Å². The highest BCUT2D eigenvalue weighted by atomic mass is 32.2. The molecule has 1 aromatic heterocycles. The van der Waals surface area contributed by atoms with E-state index in [0.717, 1.165) is 10.6 Å². The molecule has 3 N–H and O–H groups in total. The van der Waals surface area contributed by atoms with Crippen molar-refractivity contribution in [1.29, 1.82) is 0 Å². The number of carbonyl (C=O) groups is 1. The molecule has 2 atom stereocenters. The smallest absolute Gasteiger partial charge is 0.305 e. The molecule has 180 valence electrons. The molecule has 11 heteroatoms. The minimum atomic E-state index is -3.69. The SMILES string of the molecule is C=C(c1c(-c2ccc(F)cc2)nc(N(C)S(C)(=O)=O)nc1C(C)C)[C@@H](O)C[C@@H](O)CC(=O)O. The zero-order valence-corrected chi connectivity index (χ0v) is 19.7. The molecule has 0 spiro atoms. The Balaban J connectivity index is 2.72. The van der Waals surface area contributed by atoms with E-state index < -0.39 is 40.4 Å². The van der Waals surface area contributed by atoms with Crippen molar-refractivity contribution in [2.24, 2.45) is 0 Å². The lowest BCUT2D eigenvalue weighted by Crippen LogP contribution is -2.28. The summed E-state index contributed by atoms with van der Waals surface area (Å²) < 4.78 is 38.7. The topological polar surface area (TPSA) is 141 Å². The van der Waals surface area contributed by atoms with Crippen LogP contribution in [0.2, 0.25) is 0 Å². The molecule has 0 saturated carbocycles. The first-order valence-electron chi connectivity index (χ1n) is 10.1. The molecule has 0 bridgehead atoms. The van der Waals surface area contributed by atoms with E-state index in [1.54, 1.807) is 0 Å². The number of rotatable bonds is 10. The van der Waals surface area contributed by atoms with Crippen molar-refractivity contribution in [3.63, 3.8) is 0 Å². The molecule has 0 radical (unpaired) electrons. The lowest BCUT2D eigenvalue weighted by atomic mass is 9.89. The molecular formula is C22H28FN3O6S. The van der Waals surface area contributed by atoms with E-state index in [9.17, 15) is 27.8 Å². The Bertz CT molecular complexity index is 1140. The average Bonchev–Trinajstić information content (AvgIpc) is 2.70. The van der Waals surface area contributed by atoms with Crippen molar-refractivity contribution in [2.75, 3.05) is 17.6 Å². The molecule has 1 heterocycles. The van der Waals surface area contributed by atoms with Crippen LogP contribution in [0, 0.1) is 5.82 Å². The summed E-state index contributed by atoms with van der Waals surface area (Å²) in [6.07, 6.45) is -2.50. The Kier molecular flexibility index (Phi) is 8.28. The van der Waals surface area contributed by atoms with Crippen LogP contribution in [-0.2, 0) is 14.8 Å². The molecule has 33 heavy (non-hydrogen) atoms. The third kappa shape index (κ3) is 6.56. The minimum Gasteiger partial charge on any atom is -0.481 e. The van der Waals surface area contributed by atoms with Gasteiger partial charge in [0.25, 0.3) is 0 Å². The van der Waals surface area contributed by atoms with Crippen molar-refractivity contribution in [2.45, 2.75) is 44.8 Å². The Morgan fingerprint density at radius 1 is 1.18 bits per heavy atom. The van der Waals surface area contributed by atoms with Gasteiger partial charge in [-0.15, -0.1) is 0 Å². The maximum absolute atomic E-state index is 13.6. The van der Waals surface area contributed by atoms with E-state index in [2.05, 4.69) is 16.5 Å². The van der Waals surface area contributed by atoms with Gasteiger partial charge in [-0.05, 0) is 35.8 Å². The molecule has 1 aromatic carbocycles. The summed E-state index contributed by atoms with van der Waals surface area (Å²) in [6, 6.07) is 5.33. The maximum Gasteiger partial charge on any atom is 0.305 e. The van der Waals surface area contributed by atoms with Gasteiger partial charge in [-0.1, -0.05) is 20.4 Å². The summed E-state index contributed by atoms with van der Waals surface area (Å²) in [7, 11) is -2.39. The predicted molar refractivity (Wildman–Crippen MR) is 123 cm³/mol. The molecular weight excluding hydrogens is 453 g/mol. The van der Waals surface area contributed by atoms with Gasteiger partial charge >= 0.3 is 5.97 Å². The highest BCUT2D eigenvalue weighted by Gasteiger charge is 2.28. The number of aliphatic hydroxyl groups excluding tert-OH is 2. The number of halogens is 1. The Morgan fingerprint density at radius 3 is 2.24 bits per heavy atom. The minimum absolute atomic E-state index is 0.113. The quantitative estimate of drug-likeness (QED) is 0.470. The average molecular weight is 482 g/mol. The first-order valence-corrected chi connectivity index (χ1v) is 12.0. The lowest BCUT2D eigenvalue weighted by molar-refractivity contribution is -0.139. The second-order valence-corrected chi connectivity index (χ2v) is 10.1. The first kappa shape index (κ1) is 26.4. The van der Waals surface area contributed by atoms with Crippen LogP contribution in [0.1, 0.15) is 43.9 Å². The van der Waals surface area contributed by atoms with Crippen molar-refractivity contribution in [3.05, 3.63) is 47.9 Å². The third-order valence-corrected chi connectivity index (χ3v) is 6.16. The number of benzene rings is 1. The highest BCUT2D eigenvalue weighted by Crippen LogP contribution is 2.36. The number of carboxylic acid groups (broad SMARTS) is 1. The van der Waals surface area contributed by atoms with Gasteiger partial charge < -0.3 is 15.3 Å². The summed E-state index contributed by atoms with van der Waals surface area (Å²) in [5.74, 6) is -2.08. The van der Waals surface area contributed by atoms with Crippen LogP contribution in [0.25, 0.3) is 16.8 Å². The van der Waals surface area contributed by atoms with E-state index in [-0.39, 0.29) is 29.6 Å². The fourth-order valence-electron chi connectivity index (χ4n) is 3.16. The molecule has 0 aliphatic rings. The van der Waals surface area contributed by atoms with Crippen molar-refractivity contribution < 1.29 is 32.9 Å². The van der Waals surface area contributed by atoms with Crippen LogP contribution in [0.15, 0.2) is 30.8 Å².